The molecule has 1 heterocycles. The lowest BCUT2D eigenvalue weighted by atomic mass is 10.0. The summed E-state index contributed by atoms with van der Waals surface area (Å²) in [6.07, 6.45) is 19.1. The molecule has 0 spiro atoms. The molecule has 3 nitrogen and oxygen atoms in total. The first-order valence-electron chi connectivity index (χ1n) is 11.0. The lowest BCUT2D eigenvalue weighted by Crippen LogP contribution is -2.27. The largest absolute Gasteiger partial charge is 0.343 e. The number of hydrogen-bond acceptors (Lipinski definition) is 2. The van der Waals surface area contributed by atoms with Gasteiger partial charge in [-0.3, -0.25) is 9.59 Å². The van der Waals surface area contributed by atoms with Crippen molar-refractivity contribution in [3.8, 4) is 0 Å². The summed E-state index contributed by atoms with van der Waals surface area (Å²) >= 11 is 0. The van der Waals surface area contributed by atoms with Crippen molar-refractivity contribution < 1.29 is 9.59 Å². The van der Waals surface area contributed by atoms with Crippen LogP contribution in [0.15, 0.2) is 0 Å². The van der Waals surface area contributed by atoms with E-state index in [9.17, 15) is 9.59 Å². The van der Waals surface area contributed by atoms with Crippen LogP contribution in [0, 0.1) is 0 Å². The van der Waals surface area contributed by atoms with Gasteiger partial charge in [-0.25, -0.2) is 0 Å². The number of amides is 1. The van der Waals surface area contributed by atoms with Crippen molar-refractivity contribution in [1.29, 1.82) is 0 Å². The fourth-order valence-corrected chi connectivity index (χ4v) is 3.66. The van der Waals surface area contributed by atoms with Gasteiger partial charge in [0, 0.05) is 32.4 Å². The maximum absolute atomic E-state index is 11.9. The molecule has 0 aliphatic carbocycles. The van der Waals surface area contributed by atoms with Gasteiger partial charge in [-0.05, 0) is 32.1 Å². The van der Waals surface area contributed by atoms with Gasteiger partial charge in [-0.1, -0.05) is 64.7 Å². The van der Waals surface area contributed by atoms with Crippen LogP contribution in [0.5, 0.6) is 0 Å². The molecule has 0 aromatic carbocycles. The topological polar surface area (TPSA) is 37.4 Å². The normalized spacial score (nSPS) is 14.2. The molecule has 1 rings (SSSR count). The van der Waals surface area contributed by atoms with E-state index in [1.54, 1.807) is 0 Å². The molecule has 0 bridgehead atoms. The summed E-state index contributed by atoms with van der Waals surface area (Å²) in [5.74, 6) is 0.843. The maximum atomic E-state index is 11.9. The van der Waals surface area contributed by atoms with Crippen molar-refractivity contribution in [1.82, 2.24) is 4.90 Å². The van der Waals surface area contributed by atoms with E-state index in [-0.39, 0.29) is 0 Å². The van der Waals surface area contributed by atoms with Crippen LogP contribution in [0.4, 0.5) is 0 Å². The molecule has 1 fully saturated rings. The number of rotatable bonds is 16. The lowest BCUT2D eigenvalue weighted by Gasteiger charge is -2.14. The molecule has 0 aromatic rings. The first-order chi connectivity index (χ1) is 12.2. The van der Waals surface area contributed by atoms with E-state index in [1.165, 1.54) is 70.6 Å². The Hall–Kier alpha value is -0.860. The zero-order valence-corrected chi connectivity index (χ0v) is 16.7. The molecule has 0 N–H and O–H groups in total. The predicted molar refractivity (Wildman–Crippen MR) is 106 cm³/mol. The minimum Gasteiger partial charge on any atom is -0.343 e. The van der Waals surface area contributed by atoms with E-state index in [4.69, 9.17) is 0 Å². The number of hydrogen-bond donors (Lipinski definition) is 0. The molecule has 1 aliphatic heterocycles. The average molecular weight is 352 g/mol. The van der Waals surface area contributed by atoms with Crippen molar-refractivity contribution >= 4 is 11.7 Å². The summed E-state index contributed by atoms with van der Waals surface area (Å²) < 4.78 is 0. The predicted octanol–water partition coefficient (Wildman–Crippen LogP) is 6.05. The van der Waals surface area contributed by atoms with Crippen molar-refractivity contribution in [2.24, 2.45) is 0 Å². The molecule has 1 amide bonds. The first-order valence-corrected chi connectivity index (χ1v) is 11.0. The monoisotopic (exact) mass is 351 g/mol. The highest BCUT2D eigenvalue weighted by Crippen LogP contribution is 2.14. The third kappa shape index (κ3) is 12.2. The molecule has 0 radical (unpaired) electrons. The van der Waals surface area contributed by atoms with Crippen molar-refractivity contribution in [2.75, 3.05) is 13.1 Å². The van der Waals surface area contributed by atoms with Gasteiger partial charge in [0.1, 0.15) is 5.78 Å². The van der Waals surface area contributed by atoms with Gasteiger partial charge < -0.3 is 4.90 Å². The number of ketones is 1. The Labute approximate surface area is 155 Å². The van der Waals surface area contributed by atoms with Crippen molar-refractivity contribution in [3.05, 3.63) is 0 Å². The molecule has 1 aliphatic rings. The van der Waals surface area contributed by atoms with Gasteiger partial charge >= 0.3 is 0 Å². The number of carbonyl (C=O) groups excluding carboxylic acids is 2. The Morgan fingerprint density at radius 2 is 1.08 bits per heavy atom. The van der Waals surface area contributed by atoms with Crippen LogP contribution in [-0.4, -0.2) is 29.7 Å². The molecular weight excluding hydrogens is 310 g/mol. The van der Waals surface area contributed by atoms with Crippen LogP contribution in [0.2, 0.25) is 0 Å². The van der Waals surface area contributed by atoms with Crippen molar-refractivity contribution in [3.63, 3.8) is 0 Å². The molecular formula is C22H41NO2. The zero-order chi connectivity index (χ0) is 18.2. The minimum absolute atomic E-state index is 0.372. The number of carbonyl (C=O) groups is 2. The molecule has 0 atom stereocenters. The van der Waals surface area contributed by atoms with Gasteiger partial charge in [-0.15, -0.1) is 0 Å². The summed E-state index contributed by atoms with van der Waals surface area (Å²) in [7, 11) is 0. The lowest BCUT2D eigenvalue weighted by molar-refractivity contribution is -0.130. The second kappa shape index (κ2) is 15.4. The highest BCUT2D eigenvalue weighted by molar-refractivity contribution is 5.78. The van der Waals surface area contributed by atoms with E-state index < -0.39 is 0 Å². The Bertz CT molecular complexity index is 348. The minimum atomic E-state index is 0.372. The number of likely N-dealkylation sites (tertiary alicyclic amines) is 1. The number of unbranched alkanes of at least 4 members (excludes halogenated alkanes) is 10. The number of nitrogens with zero attached hydrogens (tertiary/aromatic N) is 1. The quantitative estimate of drug-likeness (QED) is 0.317. The first kappa shape index (κ1) is 22.2. The van der Waals surface area contributed by atoms with Gasteiger partial charge in [0.25, 0.3) is 0 Å². The second-order valence-corrected chi connectivity index (χ2v) is 7.77. The number of Topliss-reactive ketones (excluding diaryl/α,β-unsaturated/α-hetero) is 1. The SMILES string of the molecule is CCCCCCC(=O)CCCCCCCCCCC(=O)N1CCCC1. The average Bonchev–Trinajstić information content (AvgIpc) is 3.15. The van der Waals surface area contributed by atoms with E-state index in [0.29, 0.717) is 11.7 Å². The molecule has 1 saturated heterocycles. The van der Waals surface area contributed by atoms with Gasteiger partial charge in [-0.2, -0.15) is 0 Å². The molecule has 0 unspecified atom stereocenters. The molecule has 0 saturated carbocycles. The third-order valence-electron chi connectivity index (χ3n) is 5.36. The van der Waals surface area contributed by atoms with Crippen molar-refractivity contribution in [2.45, 2.75) is 116 Å². The summed E-state index contributed by atoms with van der Waals surface area (Å²) in [4.78, 5) is 25.7. The zero-order valence-electron chi connectivity index (χ0n) is 16.7. The molecule has 25 heavy (non-hydrogen) atoms. The smallest absolute Gasteiger partial charge is 0.222 e. The summed E-state index contributed by atoms with van der Waals surface area (Å²) in [6.45, 7) is 4.18. The maximum Gasteiger partial charge on any atom is 0.222 e. The highest BCUT2D eigenvalue weighted by atomic mass is 16.2. The van der Waals surface area contributed by atoms with E-state index in [0.717, 1.165) is 51.6 Å². The van der Waals surface area contributed by atoms with E-state index in [2.05, 4.69) is 6.92 Å². The summed E-state index contributed by atoms with van der Waals surface area (Å²) in [5.41, 5.74) is 0. The standard InChI is InChI=1S/C22H41NO2/c1-2-3-4-11-16-21(24)17-12-9-7-5-6-8-10-13-18-22(25)23-19-14-15-20-23/h2-20H2,1H3. The van der Waals surface area contributed by atoms with E-state index in [1.807, 2.05) is 4.90 Å². The van der Waals surface area contributed by atoms with E-state index >= 15 is 0 Å². The van der Waals surface area contributed by atoms with Crippen LogP contribution in [-0.2, 0) is 9.59 Å². The van der Waals surface area contributed by atoms with Gasteiger partial charge in [0.2, 0.25) is 5.91 Å². The Kier molecular flexibility index (Phi) is 13.7. The van der Waals surface area contributed by atoms with Crippen LogP contribution in [0.1, 0.15) is 116 Å². The van der Waals surface area contributed by atoms with Crippen LogP contribution < -0.4 is 0 Å². The van der Waals surface area contributed by atoms with Gasteiger partial charge in [0.15, 0.2) is 0 Å². The summed E-state index contributed by atoms with van der Waals surface area (Å²) in [6, 6.07) is 0. The highest BCUT2D eigenvalue weighted by Gasteiger charge is 2.16. The molecule has 3 heteroatoms. The Morgan fingerprint density at radius 1 is 0.640 bits per heavy atom. The van der Waals surface area contributed by atoms with Crippen LogP contribution >= 0.6 is 0 Å². The van der Waals surface area contributed by atoms with Crippen LogP contribution in [0.25, 0.3) is 0 Å². The fraction of sp³-hybridized carbons (Fsp3) is 0.909. The van der Waals surface area contributed by atoms with Crippen LogP contribution in [0.3, 0.4) is 0 Å². The second-order valence-electron chi connectivity index (χ2n) is 7.77. The fourth-order valence-electron chi connectivity index (χ4n) is 3.66. The third-order valence-corrected chi connectivity index (χ3v) is 5.36. The molecule has 0 aromatic heterocycles. The summed E-state index contributed by atoms with van der Waals surface area (Å²) in [5, 5.41) is 0. The molecule has 146 valence electrons. The van der Waals surface area contributed by atoms with Gasteiger partial charge in [0.05, 0.1) is 0 Å². The Morgan fingerprint density at radius 3 is 1.60 bits per heavy atom. The Balaban J connectivity index is 1.78.